The third-order valence-electron chi connectivity index (χ3n) is 4.30. The fourth-order valence-corrected chi connectivity index (χ4v) is 3.09. The second-order valence-corrected chi connectivity index (χ2v) is 5.90. The predicted molar refractivity (Wildman–Crippen MR) is 73.6 cm³/mol. The maximum Gasteiger partial charge on any atom is 0.0537 e. The monoisotopic (exact) mass is 247 g/mol. The van der Waals surface area contributed by atoms with Crippen LogP contribution in [0.3, 0.4) is 0 Å². The quantitative estimate of drug-likeness (QED) is 0.836. The van der Waals surface area contributed by atoms with Crippen molar-refractivity contribution in [1.82, 2.24) is 15.1 Å². The summed E-state index contributed by atoms with van der Waals surface area (Å²) in [4.78, 5) is 0. The van der Waals surface area contributed by atoms with E-state index in [1.54, 1.807) is 0 Å². The Labute approximate surface area is 110 Å². The Morgan fingerprint density at radius 3 is 2.72 bits per heavy atom. The normalized spacial score (nSPS) is 20.7. The average Bonchev–Trinajstić information content (AvgIpc) is 2.90. The highest BCUT2D eigenvalue weighted by atomic mass is 15.3. The molecular weight excluding hydrogens is 222 g/mol. The van der Waals surface area contributed by atoms with Crippen molar-refractivity contribution in [1.29, 1.82) is 0 Å². The summed E-state index contributed by atoms with van der Waals surface area (Å²) in [5.41, 5.74) is 2.94. The van der Waals surface area contributed by atoms with E-state index in [9.17, 15) is 0 Å². The Hall–Kier alpha value is -0.830. The van der Waals surface area contributed by atoms with E-state index in [0.717, 1.165) is 12.6 Å². The van der Waals surface area contributed by atoms with Crippen molar-refractivity contribution in [3.05, 3.63) is 17.5 Å². The molecule has 3 rings (SSSR count). The summed E-state index contributed by atoms with van der Waals surface area (Å²) in [7, 11) is 0. The van der Waals surface area contributed by atoms with E-state index in [-0.39, 0.29) is 0 Å². The molecule has 0 aromatic carbocycles. The largest absolute Gasteiger partial charge is 0.310 e. The van der Waals surface area contributed by atoms with Crippen LogP contribution < -0.4 is 5.32 Å². The molecule has 18 heavy (non-hydrogen) atoms. The zero-order valence-corrected chi connectivity index (χ0v) is 11.5. The Morgan fingerprint density at radius 1 is 1.28 bits per heavy atom. The molecule has 1 heterocycles. The Balaban J connectivity index is 1.74. The van der Waals surface area contributed by atoms with Crippen LogP contribution in [-0.4, -0.2) is 15.8 Å². The highest BCUT2D eigenvalue weighted by Gasteiger charge is 2.24. The lowest BCUT2D eigenvalue weighted by molar-refractivity contribution is 0.447. The van der Waals surface area contributed by atoms with Crippen LogP contribution in [0, 0.1) is 0 Å². The molecule has 1 aromatic rings. The van der Waals surface area contributed by atoms with Gasteiger partial charge < -0.3 is 5.32 Å². The second kappa shape index (κ2) is 5.43. The molecule has 3 heteroatoms. The molecule has 0 unspecified atom stereocenters. The van der Waals surface area contributed by atoms with Gasteiger partial charge in [-0.2, -0.15) is 5.10 Å². The van der Waals surface area contributed by atoms with Gasteiger partial charge in [-0.15, -0.1) is 0 Å². The first-order valence-corrected chi connectivity index (χ1v) is 7.67. The van der Waals surface area contributed by atoms with Gasteiger partial charge in [0.25, 0.3) is 0 Å². The van der Waals surface area contributed by atoms with E-state index in [4.69, 9.17) is 5.10 Å². The maximum atomic E-state index is 4.69. The lowest BCUT2D eigenvalue weighted by Crippen LogP contribution is -2.17. The Morgan fingerprint density at radius 2 is 2.06 bits per heavy atom. The minimum atomic E-state index is 0.682. The average molecular weight is 247 g/mol. The van der Waals surface area contributed by atoms with E-state index in [0.29, 0.717) is 6.04 Å². The zero-order chi connectivity index (χ0) is 12.4. The SMILES string of the molecule is CCCc1c(CNC2CC2)cnn1C1CCCC1. The van der Waals surface area contributed by atoms with E-state index >= 15 is 0 Å². The molecule has 100 valence electrons. The summed E-state index contributed by atoms with van der Waals surface area (Å²) in [5, 5.41) is 8.31. The number of hydrogen-bond donors (Lipinski definition) is 1. The first-order chi connectivity index (χ1) is 8.88. The van der Waals surface area contributed by atoms with Gasteiger partial charge in [-0.25, -0.2) is 0 Å². The van der Waals surface area contributed by atoms with Gasteiger partial charge in [0.15, 0.2) is 0 Å². The summed E-state index contributed by atoms with van der Waals surface area (Å²) in [5.74, 6) is 0. The van der Waals surface area contributed by atoms with Crippen LogP contribution in [0.25, 0.3) is 0 Å². The molecule has 2 saturated carbocycles. The van der Waals surface area contributed by atoms with Crippen LogP contribution >= 0.6 is 0 Å². The summed E-state index contributed by atoms with van der Waals surface area (Å²) in [6, 6.07) is 1.47. The predicted octanol–water partition coefficient (Wildman–Crippen LogP) is 3.20. The van der Waals surface area contributed by atoms with Crippen molar-refractivity contribution in [2.45, 2.75) is 76.9 Å². The van der Waals surface area contributed by atoms with E-state index < -0.39 is 0 Å². The van der Waals surface area contributed by atoms with Crippen molar-refractivity contribution in [3.63, 3.8) is 0 Å². The Kier molecular flexibility index (Phi) is 3.69. The fourth-order valence-electron chi connectivity index (χ4n) is 3.09. The minimum Gasteiger partial charge on any atom is -0.310 e. The van der Waals surface area contributed by atoms with Crippen molar-refractivity contribution < 1.29 is 0 Å². The first kappa shape index (κ1) is 12.2. The van der Waals surface area contributed by atoms with Gasteiger partial charge >= 0.3 is 0 Å². The Bertz CT molecular complexity index is 386. The van der Waals surface area contributed by atoms with Crippen LogP contribution in [0.5, 0.6) is 0 Å². The fraction of sp³-hybridized carbons (Fsp3) is 0.800. The molecule has 1 N–H and O–H groups in total. The summed E-state index contributed by atoms with van der Waals surface area (Å²) < 4.78 is 2.35. The lowest BCUT2D eigenvalue weighted by Gasteiger charge is -2.15. The molecule has 2 aliphatic carbocycles. The number of rotatable bonds is 6. The van der Waals surface area contributed by atoms with E-state index in [2.05, 4.69) is 23.1 Å². The lowest BCUT2D eigenvalue weighted by atomic mass is 10.1. The van der Waals surface area contributed by atoms with Crippen LogP contribution in [0.4, 0.5) is 0 Å². The number of nitrogens with zero attached hydrogens (tertiary/aromatic N) is 2. The molecule has 0 radical (unpaired) electrons. The van der Waals surface area contributed by atoms with Gasteiger partial charge in [-0.05, 0) is 32.1 Å². The molecule has 0 spiro atoms. The standard InChI is InChI=1S/C15H25N3/c1-2-5-15-12(10-16-13-8-9-13)11-17-18(15)14-6-3-4-7-14/h11,13-14,16H,2-10H2,1H3. The molecule has 0 bridgehead atoms. The van der Waals surface area contributed by atoms with Gasteiger partial charge in [0, 0.05) is 23.8 Å². The van der Waals surface area contributed by atoms with Gasteiger partial charge in [0.05, 0.1) is 12.2 Å². The van der Waals surface area contributed by atoms with Crippen molar-refractivity contribution in [2.24, 2.45) is 0 Å². The zero-order valence-electron chi connectivity index (χ0n) is 11.5. The molecule has 2 aliphatic rings. The first-order valence-electron chi connectivity index (χ1n) is 7.67. The highest BCUT2D eigenvalue weighted by molar-refractivity contribution is 5.19. The third kappa shape index (κ3) is 2.61. The van der Waals surface area contributed by atoms with Gasteiger partial charge in [0.1, 0.15) is 0 Å². The molecule has 1 aromatic heterocycles. The van der Waals surface area contributed by atoms with Gasteiger partial charge in [-0.1, -0.05) is 26.2 Å². The molecular formula is C15H25N3. The summed E-state index contributed by atoms with van der Waals surface area (Å²) in [6.45, 7) is 3.29. The molecule has 3 nitrogen and oxygen atoms in total. The highest BCUT2D eigenvalue weighted by Crippen LogP contribution is 2.31. The van der Waals surface area contributed by atoms with Gasteiger partial charge in [0.2, 0.25) is 0 Å². The molecule has 0 aliphatic heterocycles. The number of aromatic nitrogens is 2. The smallest absolute Gasteiger partial charge is 0.0537 e. The second-order valence-electron chi connectivity index (χ2n) is 5.90. The van der Waals surface area contributed by atoms with Crippen LogP contribution in [0.15, 0.2) is 6.20 Å². The minimum absolute atomic E-state index is 0.682. The molecule has 0 saturated heterocycles. The van der Waals surface area contributed by atoms with Crippen LogP contribution in [0.2, 0.25) is 0 Å². The molecule has 2 fully saturated rings. The van der Waals surface area contributed by atoms with Crippen LogP contribution in [0.1, 0.15) is 69.2 Å². The summed E-state index contributed by atoms with van der Waals surface area (Å²) in [6.07, 6.45) is 12.6. The van der Waals surface area contributed by atoms with E-state index in [1.165, 1.54) is 62.6 Å². The number of nitrogens with one attached hydrogen (secondary N) is 1. The molecule has 0 atom stereocenters. The number of hydrogen-bond acceptors (Lipinski definition) is 2. The third-order valence-corrected chi connectivity index (χ3v) is 4.30. The van der Waals surface area contributed by atoms with Crippen molar-refractivity contribution in [2.75, 3.05) is 0 Å². The molecule has 0 amide bonds. The summed E-state index contributed by atoms with van der Waals surface area (Å²) >= 11 is 0. The van der Waals surface area contributed by atoms with Crippen LogP contribution in [-0.2, 0) is 13.0 Å². The maximum absolute atomic E-state index is 4.69. The topological polar surface area (TPSA) is 29.9 Å². The van der Waals surface area contributed by atoms with E-state index in [1.807, 2.05) is 0 Å². The van der Waals surface area contributed by atoms with Crippen molar-refractivity contribution >= 4 is 0 Å². The van der Waals surface area contributed by atoms with Crippen molar-refractivity contribution in [3.8, 4) is 0 Å². The van der Waals surface area contributed by atoms with Gasteiger partial charge in [-0.3, -0.25) is 4.68 Å².